The third-order valence-electron chi connectivity index (χ3n) is 2.90. The van der Waals surface area contributed by atoms with Crippen LogP contribution in [0.25, 0.3) is 10.6 Å². The molecule has 1 aromatic carbocycles. The number of methoxy groups -OCH3 is 1. The molecule has 2 aromatic heterocycles. The number of hydrogen-bond donors (Lipinski definition) is 1. The van der Waals surface area contributed by atoms with E-state index in [-0.39, 0.29) is 0 Å². The molecule has 3 aromatic rings. The Morgan fingerprint density at radius 3 is 2.87 bits per heavy atom. The molecule has 0 amide bonds. The van der Waals surface area contributed by atoms with Crippen molar-refractivity contribution in [3.05, 3.63) is 41.4 Å². The molecule has 0 aliphatic heterocycles. The molecule has 1 N–H and O–H groups in total. The zero-order valence-corrected chi connectivity index (χ0v) is 15.0. The Labute approximate surface area is 147 Å². The summed E-state index contributed by atoms with van der Waals surface area (Å²) < 4.78 is 5.96. The van der Waals surface area contributed by atoms with Crippen LogP contribution in [0.15, 0.2) is 40.9 Å². The lowest BCUT2D eigenvalue weighted by Crippen LogP contribution is -2.06. The number of rotatable bonds is 8. The van der Waals surface area contributed by atoms with Crippen molar-refractivity contribution in [2.45, 2.75) is 10.1 Å². The zero-order chi connectivity index (χ0) is 15.9. The van der Waals surface area contributed by atoms with Gasteiger partial charge in [-0.2, -0.15) is 0 Å². The van der Waals surface area contributed by atoms with E-state index in [2.05, 4.69) is 32.6 Å². The molecule has 0 unspecified atom stereocenters. The number of aromatic nitrogens is 3. The third-order valence-corrected chi connectivity index (χ3v) is 6.19. The van der Waals surface area contributed by atoms with Gasteiger partial charge < -0.3 is 10.1 Å². The molecule has 0 saturated carbocycles. The molecule has 0 spiro atoms. The van der Waals surface area contributed by atoms with Crippen molar-refractivity contribution in [3.63, 3.8) is 0 Å². The lowest BCUT2D eigenvalue weighted by atomic mass is 10.2. The molecular formula is C15H16N4OS3. The van der Waals surface area contributed by atoms with Gasteiger partial charge in [0, 0.05) is 36.0 Å². The highest BCUT2D eigenvalue weighted by Crippen LogP contribution is 2.32. The molecule has 23 heavy (non-hydrogen) atoms. The van der Waals surface area contributed by atoms with Crippen LogP contribution in [0.4, 0.5) is 5.13 Å². The van der Waals surface area contributed by atoms with Gasteiger partial charge in [-0.25, -0.2) is 4.98 Å². The summed E-state index contributed by atoms with van der Waals surface area (Å²) in [7, 11) is 1.68. The molecule has 5 nitrogen and oxygen atoms in total. The Balaban J connectivity index is 1.54. The van der Waals surface area contributed by atoms with Crippen LogP contribution in [0.3, 0.4) is 0 Å². The molecule has 0 bridgehead atoms. The quantitative estimate of drug-likeness (QED) is 0.481. The standard InChI is InChI=1S/C15H16N4OS3/c1-20-8-7-16-14-18-19-15(23-14)21-10-12-9-17-13(22-12)11-5-3-2-4-6-11/h2-6,9H,7-8,10H2,1H3,(H,16,18). The van der Waals surface area contributed by atoms with Crippen LogP contribution in [0, 0.1) is 0 Å². The molecule has 0 saturated heterocycles. The van der Waals surface area contributed by atoms with E-state index >= 15 is 0 Å². The minimum atomic E-state index is 0.658. The van der Waals surface area contributed by atoms with E-state index < -0.39 is 0 Å². The van der Waals surface area contributed by atoms with Gasteiger partial charge in [0.2, 0.25) is 5.13 Å². The van der Waals surface area contributed by atoms with E-state index in [1.54, 1.807) is 41.5 Å². The SMILES string of the molecule is COCCNc1nnc(SCc2cnc(-c3ccccc3)s2)s1. The number of nitrogens with one attached hydrogen (secondary N) is 1. The fourth-order valence-corrected chi connectivity index (χ4v) is 4.54. The van der Waals surface area contributed by atoms with Gasteiger partial charge in [-0.05, 0) is 0 Å². The van der Waals surface area contributed by atoms with Gasteiger partial charge in [-0.1, -0.05) is 53.4 Å². The summed E-state index contributed by atoms with van der Waals surface area (Å²) in [5.74, 6) is 0.858. The van der Waals surface area contributed by atoms with Crippen LogP contribution in [0.1, 0.15) is 4.88 Å². The number of nitrogens with zero attached hydrogens (tertiary/aromatic N) is 3. The number of benzene rings is 1. The molecule has 0 atom stereocenters. The maximum Gasteiger partial charge on any atom is 0.206 e. The predicted octanol–water partition coefficient (Wildman–Crippen LogP) is 4.01. The highest BCUT2D eigenvalue weighted by Gasteiger charge is 2.08. The molecule has 3 rings (SSSR count). The molecule has 0 aliphatic carbocycles. The van der Waals surface area contributed by atoms with Gasteiger partial charge in [0.1, 0.15) is 5.01 Å². The van der Waals surface area contributed by atoms with Gasteiger partial charge in [-0.3, -0.25) is 0 Å². The van der Waals surface area contributed by atoms with Crippen molar-refractivity contribution < 1.29 is 4.74 Å². The van der Waals surface area contributed by atoms with Gasteiger partial charge in [0.15, 0.2) is 4.34 Å². The zero-order valence-electron chi connectivity index (χ0n) is 12.6. The first-order valence-electron chi connectivity index (χ1n) is 7.04. The molecule has 120 valence electrons. The summed E-state index contributed by atoms with van der Waals surface area (Å²) in [6.45, 7) is 1.40. The molecule has 0 aliphatic rings. The monoisotopic (exact) mass is 364 g/mol. The van der Waals surface area contributed by atoms with Crippen LogP contribution in [0.5, 0.6) is 0 Å². The lowest BCUT2D eigenvalue weighted by molar-refractivity contribution is 0.211. The summed E-state index contributed by atoms with van der Waals surface area (Å²) in [4.78, 5) is 5.73. The van der Waals surface area contributed by atoms with Gasteiger partial charge in [-0.15, -0.1) is 21.5 Å². The normalized spacial score (nSPS) is 10.8. The number of thiazole rings is 1. The second kappa shape index (κ2) is 8.39. The summed E-state index contributed by atoms with van der Waals surface area (Å²) in [5.41, 5.74) is 1.16. The largest absolute Gasteiger partial charge is 0.383 e. The summed E-state index contributed by atoms with van der Waals surface area (Å²) in [6, 6.07) is 10.2. The topological polar surface area (TPSA) is 59.9 Å². The van der Waals surface area contributed by atoms with Gasteiger partial charge in [0.05, 0.1) is 6.61 Å². The first-order valence-corrected chi connectivity index (χ1v) is 9.66. The van der Waals surface area contributed by atoms with Crippen molar-refractivity contribution in [2.75, 3.05) is 25.6 Å². The van der Waals surface area contributed by atoms with E-state index in [9.17, 15) is 0 Å². The predicted molar refractivity (Wildman–Crippen MR) is 97.4 cm³/mol. The minimum absolute atomic E-state index is 0.658. The molecule has 8 heteroatoms. The number of anilines is 1. The van der Waals surface area contributed by atoms with Crippen LogP contribution < -0.4 is 5.32 Å². The van der Waals surface area contributed by atoms with Gasteiger partial charge in [0.25, 0.3) is 0 Å². The van der Waals surface area contributed by atoms with E-state index in [0.717, 1.165) is 32.3 Å². The summed E-state index contributed by atoms with van der Waals surface area (Å²) >= 11 is 4.97. The first kappa shape index (κ1) is 16.4. The number of hydrogen-bond acceptors (Lipinski definition) is 8. The first-order chi connectivity index (χ1) is 11.3. The maximum absolute atomic E-state index is 5.00. The Bertz CT molecular complexity index is 729. The van der Waals surface area contributed by atoms with E-state index in [1.165, 1.54) is 4.88 Å². The van der Waals surface area contributed by atoms with E-state index in [4.69, 9.17) is 4.74 Å². The average molecular weight is 365 g/mol. The highest BCUT2D eigenvalue weighted by molar-refractivity contribution is 8.00. The number of ether oxygens (including phenoxy) is 1. The maximum atomic E-state index is 5.00. The van der Waals surface area contributed by atoms with E-state index in [0.29, 0.717) is 6.61 Å². The fourth-order valence-electron chi connectivity index (χ4n) is 1.82. The fraction of sp³-hybridized carbons (Fsp3) is 0.267. The molecule has 2 heterocycles. The van der Waals surface area contributed by atoms with Crippen molar-refractivity contribution in [1.29, 1.82) is 0 Å². The van der Waals surface area contributed by atoms with Crippen LogP contribution >= 0.6 is 34.4 Å². The van der Waals surface area contributed by atoms with E-state index in [1.807, 2.05) is 24.4 Å². The Hall–Kier alpha value is -1.48. The third kappa shape index (κ3) is 4.74. The van der Waals surface area contributed by atoms with Crippen LogP contribution in [-0.2, 0) is 10.5 Å². The molecule has 0 radical (unpaired) electrons. The van der Waals surface area contributed by atoms with Gasteiger partial charge >= 0.3 is 0 Å². The second-order valence-electron chi connectivity index (χ2n) is 4.58. The summed E-state index contributed by atoms with van der Waals surface area (Å²) in [6.07, 6.45) is 1.94. The van der Waals surface area contributed by atoms with Crippen LogP contribution in [0.2, 0.25) is 0 Å². The number of thioether (sulfide) groups is 1. The smallest absolute Gasteiger partial charge is 0.206 e. The molecular weight excluding hydrogens is 348 g/mol. The minimum Gasteiger partial charge on any atom is -0.383 e. The summed E-state index contributed by atoms with van der Waals surface area (Å²) in [5, 5.41) is 13.4. The van der Waals surface area contributed by atoms with Crippen molar-refractivity contribution in [3.8, 4) is 10.6 Å². The van der Waals surface area contributed by atoms with Crippen molar-refractivity contribution in [1.82, 2.24) is 15.2 Å². The highest BCUT2D eigenvalue weighted by atomic mass is 32.2. The van der Waals surface area contributed by atoms with Crippen molar-refractivity contribution in [2.24, 2.45) is 0 Å². The Morgan fingerprint density at radius 2 is 2.04 bits per heavy atom. The molecule has 0 fully saturated rings. The van der Waals surface area contributed by atoms with Crippen molar-refractivity contribution >= 4 is 39.6 Å². The Morgan fingerprint density at radius 1 is 1.17 bits per heavy atom. The lowest BCUT2D eigenvalue weighted by Gasteiger charge is -1.98. The average Bonchev–Trinajstić information content (AvgIpc) is 3.23. The second-order valence-corrected chi connectivity index (χ2v) is 7.89. The van der Waals surface area contributed by atoms with Crippen LogP contribution in [-0.4, -0.2) is 35.4 Å². The Kier molecular flexibility index (Phi) is 5.98.